The molecule has 0 saturated carbocycles. The zero-order valence-corrected chi connectivity index (χ0v) is 16.1. The van der Waals surface area contributed by atoms with Gasteiger partial charge < -0.3 is 9.80 Å². The smallest absolute Gasteiger partial charge is 0.253 e. The Morgan fingerprint density at radius 2 is 1.72 bits per heavy atom. The van der Waals surface area contributed by atoms with Crippen molar-refractivity contribution in [3.05, 3.63) is 65.7 Å². The van der Waals surface area contributed by atoms with Gasteiger partial charge in [0, 0.05) is 49.3 Å². The van der Waals surface area contributed by atoms with Crippen molar-refractivity contribution in [1.29, 1.82) is 0 Å². The van der Waals surface area contributed by atoms with Crippen LogP contribution in [0.4, 0.5) is 5.69 Å². The van der Waals surface area contributed by atoms with E-state index in [0.717, 1.165) is 43.0 Å². The number of nitrogens with one attached hydrogen (secondary N) is 1. The van der Waals surface area contributed by atoms with Gasteiger partial charge in [-0.2, -0.15) is 0 Å². The van der Waals surface area contributed by atoms with Crippen LogP contribution < -0.4 is 10.2 Å². The molecular formula is C23H23N3O3. The van der Waals surface area contributed by atoms with Gasteiger partial charge in [-0.25, -0.2) is 0 Å². The molecule has 0 aromatic heterocycles. The first-order valence-corrected chi connectivity index (χ1v) is 10.1. The molecule has 3 aliphatic rings. The van der Waals surface area contributed by atoms with Crippen LogP contribution in [0, 0.1) is 5.41 Å². The minimum absolute atomic E-state index is 0.106. The van der Waals surface area contributed by atoms with Gasteiger partial charge in [0.15, 0.2) is 0 Å². The standard InChI is InChI=1S/C23H23N3O3/c27-20-10-9-19(21(28)24-20)17-7-4-8-18(11-17)25-12-23(13-25)14-26(15-23)22(29)16-5-2-1-3-6-16/h1-8,11,19H,9-10,12-15H2,(H,24,27,28). The molecule has 3 amide bonds. The Morgan fingerprint density at radius 1 is 0.966 bits per heavy atom. The first-order valence-electron chi connectivity index (χ1n) is 10.1. The summed E-state index contributed by atoms with van der Waals surface area (Å²) in [6, 6.07) is 17.5. The lowest BCUT2D eigenvalue weighted by atomic mass is 9.72. The Balaban J connectivity index is 1.21. The van der Waals surface area contributed by atoms with Crippen LogP contribution in [0.5, 0.6) is 0 Å². The number of nitrogens with zero attached hydrogens (tertiary/aromatic N) is 2. The highest BCUT2D eigenvalue weighted by Gasteiger charge is 2.53. The summed E-state index contributed by atoms with van der Waals surface area (Å²) in [5, 5.41) is 2.44. The number of benzene rings is 2. The molecule has 3 aliphatic heterocycles. The number of anilines is 1. The number of rotatable bonds is 3. The van der Waals surface area contributed by atoms with Crippen molar-refractivity contribution in [2.45, 2.75) is 18.8 Å². The van der Waals surface area contributed by atoms with Gasteiger partial charge in [0.25, 0.3) is 5.91 Å². The molecule has 1 atom stereocenters. The number of hydrogen-bond acceptors (Lipinski definition) is 4. The summed E-state index contributed by atoms with van der Waals surface area (Å²) >= 11 is 0. The Kier molecular flexibility index (Phi) is 4.15. The number of likely N-dealkylation sites (tertiary alicyclic amines) is 1. The molecule has 148 valence electrons. The molecule has 3 heterocycles. The zero-order chi connectivity index (χ0) is 20.0. The second kappa shape index (κ2) is 6.72. The Labute approximate surface area is 169 Å². The highest BCUT2D eigenvalue weighted by Crippen LogP contribution is 2.43. The van der Waals surface area contributed by atoms with E-state index in [9.17, 15) is 14.4 Å². The van der Waals surface area contributed by atoms with E-state index in [1.54, 1.807) is 0 Å². The molecule has 3 saturated heterocycles. The predicted octanol–water partition coefficient (Wildman–Crippen LogP) is 2.17. The summed E-state index contributed by atoms with van der Waals surface area (Å²) in [7, 11) is 0. The van der Waals surface area contributed by atoms with Crippen LogP contribution in [0.25, 0.3) is 0 Å². The average molecular weight is 389 g/mol. The van der Waals surface area contributed by atoms with E-state index < -0.39 is 0 Å². The van der Waals surface area contributed by atoms with Crippen LogP contribution in [0.3, 0.4) is 0 Å². The lowest BCUT2D eigenvalue weighted by molar-refractivity contribution is -0.134. The Hall–Kier alpha value is -3.15. The minimum Gasteiger partial charge on any atom is -0.370 e. The summed E-state index contributed by atoms with van der Waals surface area (Å²) < 4.78 is 0. The molecule has 29 heavy (non-hydrogen) atoms. The fourth-order valence-corrected chi connectivity index (χ4v) is 4.77. The number of imide groups is 1. The van der Waals surface area contributed by atoms with Crippen molar-refractivity contribution in [2.75, 3.05) is 31.1 Å². The van der Waals surface area contributed by atoms with Crippen LogP contribution in [0.15, 0.2) is 54.6 Å². The van der Waals surface area contributed by atoms with Crippen molar-refractivity contribution in [3.63, 3.8) is 0 Å². The van der Waals surface area contributed by atoms with E-state index in [1.165, 1.54) is 0 Å². The first-order chi connectivity index (χ1) is 14.0. The fraction of sp³-hybridized carbons (Fsp3) is 0.348. The maximum atomic E-state index is 12.5. The van der Waals surface area contributed by atoms with Gasteiger partial charge in [-0.3, -0.25) is 19.7 Å². The third kappa shape index (κ3) is 3.18. The highest BCUT2D eigenvalue weighted by atomic mass is 16.2. The van der Waals surface area contributed by atoms with Crippen LogP contribution in [-0.4, -0.2) is 48.8 Å². The molecule has 0 radical (unpaired) electrons. The van der Waals surface area contributed by atoms with E-state index >= 15 is 0 Å². The molecule has 2 aromatic rings. The van der Waals surface area contributed by atoms with Gasteiger partial charge in [-0.1, -0.05) is 30.3 Å². The lowest BCUT2D eigenvalue weighted by Crippen LogP contribution is -2.73. The van der Waals surface area contributed by atoms with Gasteiger partial charge in [0.05, 0.1) is 5.92 Å². The van der Waals surface area contributed by atoms with Gasteiger partial charge in [0.1, 0.15) is 0 Å². The van der Waals surface area contributed by atoms with E-state index in [-0.39, 0.29) is 29.1 Å². The second-order valence-electron chi connectivity index (χ2n) is 8.48. The van der Waals surface area contributed by atoms with E-state index in [2.05, 4.69) is 22.3 Å². The fourth-order valence-electron chi connectivity index (χ4n) is 4.77. The average Bonchev–Trinajstić information content (AvgIpc) is 2.66. The quantitative estimate of drug-likeness (QED) is 0.817. The molecule has 0 bridgehead atoms. The van der Waals surface area contributed by atoms with E-state index in [1.807, 2.05) is 47.4 Å². The number of carbonyl (C=O) groups is 3. The molecule has 6 heteroatoms. The second-order valence-corrected chi connectivity index (χ2v) is 8.48. The molecule has 3 fully saturated rings. The Morgan fingerprint density at radius 3 is 2.45 bits per heavy atom. The number of carbonyl (C=O) groups excluding carboxylic acids is 3. The monoisotopic (exact) mass is 389 g/mol. The van der Waals surface area contributed by atoms with E-state index in [0.29, 0.717) is 12.8 Å². The maximum absolute atomic E-state index is 12.5. The van der Waals surface area contributed by atoms with E-state index in [4.69, 9.17) is 0 Å². The third-order valence-electron chi connectivity index (χ3n) is 6.29. The molecule has 1 N–H and O–H groups in total. The van der Waals surface area contributed by atoms with Crippen molar-refractivity contribution in [2.24, 2.45) is 5.41 Å². The predicted molar refractivity (Wildman–Crippen MR) is 109 cm³/mol. The Bertz CT molecular complexity index is 974. The largest absolute Gasteiger partial charge is 0.370 e. The van der Waals surface area contributed by atoms with Crippen molar-refractivity contribution in [1.82, 2.24) is 10.2 Å². The van der Waals surface area contributed by atoms with Gasteiger partial charge in [-0.15, -0.1) is 0 Å². The molecule has 1 unspecified atom stereocenters. The molecule has 1 spiro atoms. The third-order valence-corrected chi connectivity index (χ3v) is 6.29. The molecule has 5 rings (SSSR count). The lowest BCUT2D eigenvalue weighted by Gasteiger charge is -2.61. The highest BCUT2D eigenvalue weighted by molar-refractivity contribution is 6.01. The van der Waals surface area contributed by atoms with Crippen molar-refractivity contribution in [3.8, 4) is 0 Å². The number of hydrogen-bond donors (Lipinski definition) is 1. The zero-order valence-electron chi connectivity index (χ0n) is 16.1. The molecular weight excluding hydrogens is 366 g/mol. The summed E-state index contributed by atoms with van der Waals surface area (Å²) in [5.41, 5.74) is 3.00. The SMILES string of the molecule is O=C1CCC(c2cccc(N3CC4(CN(C(=O)c5ccccc5)C4)C3)c2)C(=O)N1. The molecule has 0 aliphatic carbocycles. The normalized spacial score (nSPS) is 22.7. The van der Waals surface area contributed by atoms with Crippen LogP contribution >= 0.6 is 0 Å². The summed E-state index contributed by atoms with van der Waals surface area (Å²) in [6.45, 7) is 3.43. The topological polar surface area (TPSA) is 69.7 Å². The van der Waals surface area contributed by atoms with Crippen LogP contribution in [0.2, 0.25) is 0 Å². The number of amides is 3. The summed E-state index contributed by atoms with van der Waals surface area (Å²) in [5.74, 6) is -0.542. The van der Waals surface area contributed by atoms with Gasteiger partial charge in [0.2, 0.25) is 11.8 Å². The van der Waals surface area contributed by atoms with Gasteiger partial charge >= 0.3 is 0 Å². The minimum atomic E-state index is -0.259. The molecule has 6 nitrogen and oxygen atoms in total. The summed E-state index contributed by atoms with van der Waals surface area (Å²) in [6.07, 6.45) is 0.952. The van der Waals surface area contributed by atoms with Gasteiger partial charge in [-0.05, 0) is 36.2 Å². The van der Waals surface area contributed by atoms with Crippen molar-refractivity contribution >= 4 is 23.4 Å². The summed E-state index contributed by atoms with van der Waals surface area (Å²) in [4.78, 5) is 40.3. The number of piperidine rings is 1. The first kappa shape index (κ1) is 17.9. The molecule has 2 aromatic carbocycles. The van der Waals surface area contributed by atoms with Crippen LogP contribution in [0.1, 0.15) is 34.7 Å². The van der Waals surface area contributed by atoms with Crippen molar-refractivity contribution < 1.29 is 14.4 Å². The van der Waals surface area contributed by atoms with Crippen LogP contribution in [-0.2, 0) is 9.59 Å². The maximum Gasteiger partial charge on any atom is 0.253 e.